The summed E-state index contributed by atoms with van der Waals surface area (Å²) < 4.78 is 45.8. The van der Waals surface area contributed by atoms with Gasteiger partial charge in [-0.2, -0.15) is 18.2 Å². The Hall–Kier alpha value is -3.69. The molecule has 0 fully saturated rings. The van der Waals surface area contributed by atoms with E-state index >= 15 is 0 Å². The van der Waals surface area contributed by atoms with Gasteiger partial charge in [0.2, 0.25) is 5.82 Å². The number of benzene rings is 3. The van der Waals surface area contributed by atoms with Crippen LogP contribution in [0.15, 0.2) is 71.3 Å². The Morgan fingerprint density at radius 2 is 1.69 bits per heavy atom. The molecule has 36 heavy (non-hydrogen) atoms. The lowest BCUT2D eigenvalue weighted by atomic mass is 9.94. The van der Waals surface area contributed by atoms with Crippen LogP contribution in [0.25, 0.3) is 34.0 Å². The van der Waals surface area contributed by atoms with Crippen molar-refractivity contribution in [3.63, 3.8) is 0 Å². The number of aryl methyl sites for hydroxylation is 1. The zero-order chi connectivity index (χ0) is 25.2. The molecule has 1 atom stereocenters. The number of rotatable bonds is 7. The molecule has 0 aliphatic carbocycles. The third kappa shape index (κ3) is 5.92. The fraction of sp³-hybridized carbons (Fsp3) is 0.192. The Balaban J connectivity index is 0.00000361. The van der Waals surface area contributed by atoms with Crippen LogP contribution < -0.4 is 5.32 Å². The van der Waals surface area contributed by atoms with Gasteiger partial charge in [-0.15, -0.1) is 12.4 Å². The number of nitrogens with one attached hydrogen (secondary N) is 1. The minimum Gasteiger partial charge on any atom is -0.480 e. The molecule has 6 nitrogen and oxygen atoms in total. The molecule has 0 aliphatic heterocycles. The van der Waals surface area contributed by atoms with Gasteiger partial charge >= 0.3 is 12.1 Å². The van der Waals surface area contributed by atoms with Crippen LogP contribution in [0.2, 0.25) is 0 Å². The normalized spacial score (nSPS) is 12.1. The van der Waals surface area contributed by atoms with Crippen LogP contribution in [0.4, 0.5) is 13.2 Å². The van der Waals surface area contributed by atoms with Gasteiger partial charge in [0.1, 0.15) is 0 Å². The fourth-order valence-corrected chi connectivity index (χ4v) is 3.80. The van der Waals surface area contributed by atoms with Crippen molar-refractivity contribution >= 4 is 18.4 Å². The van der Waals surface area contributed by atoms with E-state index in [-0.39, 0.29) is 36.4 Å². The summed E-state index contributed by atoms with van der Waals surface area (Å²) in [7, 11) is 0. The van der Waals surface area contributed by atoms with E-state index in [0.29, 0.717) is 28.1 Å². The van der Waals surface area contributed by atoms with Gasteiger partial charge in [0, 0.05) is 17.2 Å². The predicted molar refractivity (Wildman–Crippen MR) is 132 cm³/mol. The van der Waals surface area contributed by atoms with Gasteiger partial charge < -0.3 is 14.9 Å². The van der Waals surface area contributed by atoms with Crippen molar-refractivity contribution in [2.75, 3.05) is 6.54 Å². The lowest BCUT2D eigenvalue weighted by Gasteiger charge is -2.14. The summed E-state index contributed by atoms with van der Waals surface area (Å²) in [6, 6.07) is 17.7. The zero-order valence-electron chi connectivity index (χ0n) is 19.3. The van der Waals surface area contributed by atoms with Crippen molar-refractivity contribution in [3.05, 3.63) is 83.4 Å². The first kappa shape index (κ1) is 26.9. The SMILES string of the molecule is Cc1cc(-c2nc(-c3ccc(C(C)NCC(=O)O)cc3)no2)ccc1-c1ccccc1C(F)(F)F.Cl. The minimum atomic E-state index is -4.46. The number of carbonyl (C=O) groups is 1. The van der Waals surface area contributed by atoms with E-state index in [1.54, 1.807) is 31.2 Å². The molecule has 0 saturated heterocycles. The molecule has 188 valence electrons. The highest BCUT2D eigenvalue weighted by molar-refractivity contribution is 5.85. The Labute approximate surface area is 211 Å². The topological polar surface area (TPSA) is 88.2 Å². The first-order valence-corrected chi connectivity index (χ1v) is 10.8. The fourth-order valence-electron chi connectivity index (χ4n) is 3.80. The number of carboxylic acid groups (broad SMARTS) is 1. The summed E-state index contributed by atoms with van der Waals surface area (Å²) in [5, 5.41) is 15.7. The second-order valence-corrected chi connectivity index (χ2v) is 8.11. The quantitative estimate of drug-likeness (QED) is 0.289. The van der Waals surface area contributed by atoms with Crippen LogP contribution in [0.3, 0.4) is 0 Å². The molecule has 0 aliphatic rings. The maximum Gasteiger partial charge on any atom is 0.417 e. The van der Waals surface area contributed by atoms with E-state index in [9.17, 15) is 18.0 Å². The molecule has 4 aromatic rings. The van der Waals surface area contributed by atoms with Crippen LogP contribution >= 0.6 is 12.4 Å². The molecular formula is C26H23ClF3N3O3. The summed E-state index contributed by atoms with van der Waals surface area (Å²) in [5.41, 5.74) is 2.76. The van der Waals surface area contributed by atoms with E-state index in [1.165, 1.54) is 12.1 Å². The zero-order valence-corrected chi connectivity index (χ0v) is 20.2. The van der Waals surface area contributed by atoms with Gasteiger partial charge in [0.15, 0.2) is 0 Å². The molecule has 10 heteroatoms. The van der Waals surface area contributed by atoms with Crippen LogP contribution in [0, 0.1) is 6.92 Å². The number of aromatic nitrogens is 2. The first-order chi connectivity index (χ1) is 16.6. The van der Waals surface area contributed by atoms with Crippen molar-refractivity contribution in [3.8, 4) is 34.0 Å². The maximum absolute atomic E-state index is 13.5. The highest BCUT2D eigenvalue weighted by atomic mass is 35.5. The molecule has 4 rings (SSSR count). The van der Waals surface area contributed by atoms with Gasteiger partial charge in [-0.3, -0.25) is 4.79 Å². The summed E-state index contributed by atoms with van der Waals surface area (Å²) in [4.78, 5) is 15.2. The predicted octanol–water partition coefficient (Wildman–Crippen LogP) is 6.55. The first-order valence-electron chi connectivity index (χ1n) is 10.8. The number of aliphatic carboxylic acids is 1. The van der Waals surface area contributed by atoms with E-state index in [4.69, 9.17) is 9.63 Å². The second-order valence-electron chi connectivity index (χ2n) is 8.11. The number of hydrogen-bond acceptors (Lipinski definition) is 5. The van der Waals surface area contributed by atoms with Gasteiger partial charge in [0.05, 0.1) is 12.1 Å². The Morgan fingerprint density at radius 3 is 2.33 bits per heavy atom. The van der Waals surface area contributed by atoms with Crippen molar-refractivity contribution in [1.29, 1.82) is 0 Å². The number of halogens is 4. The number of carboxylic acids is 1. The van der Waals surface area contributed by atoms with E-state index in [0.717, 1.165) is 11.6 Å². The number of hydrogen-bond donors (Lipinski definition) is 2. The number of alkyl halides is 3. The Morgan fingerprint density at radius 1 is 1.03 bits per heavy atom. The minimum absolute atomic E-state index is 0. The van der Waals surface area contributed by atoms with Gasteiger partial charge in [-0.1, -0.05) is 53.7 Å². The Kier molecular flexibility index (Phi) is 8.17. The van der Waals surface area contributed by atoms with E-state index < -0.39 is 17.7 Å². The molecule has 0 bridgehead atoms. The lowest BCUT2D eigenvalue weighted by Crippen LogP contribution is -2.25. The molecule has 2 N–H and O–H groups in total. The summed E-state index contributed by atoms with van der Waals surface area (Å²) in [5.74, 6) is -0.318. The van der Waals surface area contributed by atoms with Crippen molar-refractivity contribution in [2.24, 2.45) is 0 Å². The van der Waals surface area contributed by atoms with Crippen LogP contribution in [0.5, 0.6) is 0 Å². The second kappa shape index (κ2) is 10.9. The van der Waals surface area contributed by atoms with E-state index in [2.05, 4.69) is 15.5 Å². The van der Waals surface area contributed by atoms with E-state index in [1.807, 2.05) is 31.2 Å². The van der Waals surface area contributed by atoms with Crippen LogP contribution in [0.1, 0.15) is 29.7 Å². The van der Waals surface area contributed by atoms with Gasteiger partial charge in [0.25, 0.3) is 5.89 Å². The van der Waals surface area contributed by atoms with Crippen molar-refractivity contribution < 1.29 is 27.6 Å². The summed E-state index contributed by atoms with van der Waals surface area (Å²) in [6.07, 6.45) is -4.46. The Bertz CT molecular complexity index is 1350. The van der Waals surface area contributed by atoms with Crippen molar-refractivity contribution in [2.45, 2.75) is 26.1 Å². The smallest absolute Gasteiger partial charge is 0.417 e. The summed E-state index contributed by atoms with van der Waals surface area (Å²) >= 11 is 0. The maximum atomic E-state index is 13.5. The molecule has 1 aromatic heterocycles. The summed E-state index contributed by atoms with van der Waals surface area (Å²) in [6.45, 7) is 3.46. The molecule has 1 unspecified atom stereocenters. The largest absolute Gasteiger partial charge is 0.480 e. The lowest BCUT2D eigenvalue weighted by molar-refractivity contribution is -0.137. The molecule has 0 saturated carbocycles. The number of nitrogens with zero attached hydrogens (tertiary/aromatic N) is 2. The molecule has 0 spiro atoms. The third-order valence-corrected chi connectivity index (χ3v) is 5.65. The highest BCUT2D eigenvalue weighted by Crippen LogP contribution is 2.38. The molecule has 0 amide bonds. The van der Waals surface area contributed by atoms with Gasteiger partial charge in [-0.05, 0) is 54.3 Å². The van der Waals surface area contributed by atoms with Crippen LogP contribution in [-0.4, -0.2) is 27.8 Å². The third-order valence-electron chi connectivity index (χ3n) is 5.65. The van der Waals surface area contributed by atoms with Gasteiger partial charge in [-0.25, -0.2) is 0 Å². The standard InChI is InChI=1S/C26H22F3N3O3.ClH/c1-15-13-19(11-12-20(15)21-5-3-4-6-22(21)26(27,28)29)25-31-24(32-35-25)18-9-7-17(8-10-18)16(2)30-14-23(33)34;/h3-13,16,30H,14H2,1-2H3,(H,33,34);1H. The van der Waals surface area contributed by atoms with Crippen molar-refractivity contribution in [1.82, 2.24) is 15.5 Å². The average Bonchev–Trinajstić information content (AvgIpc) is 3.32. The monoisotopic (exact) mass is 517 g/mol. The van der Waals surface area contributed by atoms with Crippen LogP contribution in [-0.2, 0) is 11.0 Å². The molecule has 1 heterocycles. The molecular weight excluding hydrogens is 495 g/mol. The molecule has 0 radical (unpaired) electrons. The molecule has 3 aromatic carbocycles. The highest BCUT2D eigenvalue weighted by Gasteiger charge is 2.33. The average molecular weight is 518 g/mol.